The Morgan fingerprint density at radius 2 is 2.20 bits per heavy atom. The fraction of sp³-hybridized carbons (Fsp3) is 0.200. The molecule has 0 amide bonds. The van der Waals surface area contributed by atoms with E-state index in [0.717, 1.165) is 16.7 Å². The monoisotopic (exact) mass is 291 g/mol. The van der Waals surface area contributed by atoms with Crippen molar-refractivity contribution in [2.75, 3.05) is 13.7 Å². The van der Waals surface area contributed by atoms with Gasteiger partial charge in [0, 0.05) is 17.0 Å². The van der Waals surface area contributed by atoms with Crippen LogP contribution in [-0.2, 0) is 9.53 Å². The molecule has 1 aromatic carbocycles. The lowest BCUT2D eigenvalue weighted by molar-refractivity contribution is -0.137. The average molecular weight is 292 g/mol. The van der Waals surface area contributed by atoms with Gasteiger partial charge in [-0.2, -0.15) is 0 Å². The number of hydrogen-bond acceptors (Lipinski definition) is 4. The zero-order valence-corrected chi connectivity index (χ0v) is 12.0. The maximum absolute atomic E-state index is 11.3. The summed E-state index contributed by atoms with van der Waals surface area (Å²) in [7, 11) is 1.60. The summed E-state index contributed by atoms with van der Waals surface area (Å²) >= 11 is 6.09. The molecule has 0 spiro atoms. The van der Waals surface area contributed by atoms with E-state index in [-0.39, 0.29) is 0 Å². The van der Waals surface area contributed by atoms with Crippen LogP contribution in [0.4, 0.5) is 0 Å². The van der Waals surface area contributed by atoms with E-state index < -0.39 is 5.97 Å². The van der Waals surface area contributed by atoms with Crippen molar-refractivity contribution in [2.45, 2.75) is 6.92 Å². The Balaban J connectivity index is 2.38. The van der Waals surface area contributed by atoms with Crippen molar-refractivity contribution >= 4 is 34.5 Å². The number of hydrogen-bond donors (Lipinski definition) is 0. The van der Waals surface area contributed by atoms with Gasteiger partial charge in [0.2, 0.25) is 0 Å². The fourth-order valence-electron chi connectivity index (χ4n) is 1.74. The van der Waals surface area contributed by atoms with Crippen LogP contribution in [0.5, 0.6) is 5.75 Å². The lowest BCUT2D eigenvalue weighted by Gasteiger charge is -2.04. The molecule has 0 saturated heterocycles. The van der Waals surface area contributed by atoms with Gasteiger partial charge in [0.25, 0.3) is 0 Å². The molecule has 104 valence electrons. The molecule has 1 heterocycles. The molecule has 0 N–H and O–H groups in total. The molecule has 0 bridgehead atoms. The Hall–Kier alpha value is -2.07. The normalized spacial score (nSPS) is 10.9. The summed E-state index contributed by atoms with van der Waals surface area (Å²) in [6, 6.07) is 7.36. The third-order valence-corrected chi connectivity index (χ3v) is 2.99. The summed E-state index contributed by atoms with van der Waals surface area (Å²) in [5, 5.41) is 1.22. The van der Waals surface area contributed by atoms with Crippen LogP contribution in [0, 0.1) is 0 Å². The minimum atomic E-state index is -0.408. The van der Waals surface area contributed by atoms with E-state index in [1.165, 1.54) is 6.08 Å². The second kappa shape index (κ2) is 6.39. The van der Waals surface area contributed by atoms with E-state index in [2.05, 4.69) is 4.98 Å². The molecule has 20 heavy (non-hydrogen) atoms. The number of halogens is 1. The summed E-state index contributed by atoms with van der Waals surface area (Å²) in [6.07, 6.45) is 2.92. The highest BCUT2D eigenvalue weighted by atomic mass is 35.5. The molecular weight excluding hydrogens is 278 g/mol. The smallest absolute Gasteiger partial charge is 0.330 e. The van der Waals surface area contributed by atoms with E-state index in [0.29, 0.717) is 17.3 Å². The number of benzene rings is 1. The van der Waals surface area contributed by atoms with Crippen LogP contribution in [0.25, 0.3) is 17.0 Å². The SMILES string of the molecule is CCOC(=O)/C=C/c1cc2cc(OC)ccc2nc1Cl. The number of rotatable bonds is 4. The van der Waals surface area contributed by atoms with Crippen LogP contribution in [-0.4, -0.2) is 24.7 Å². The van der Waals surface area contributed by atoms with Gasteiger partial charge in [0.05, 0.1) is 19.2 Å². The standard InChI is InChI=1S/C15H14ClNO3/c1-3-20-14(18)7-4-10-8-11-9-12(19-2)5-6-13(11)17-15(10)16/h4-9H,3H2,1-2H3/b7-4+. The van der Waals surface area contributed by atoms with Crippen LogP contribution in [0.1, 0.15) is 12.5 Å². The number of carbonyl (C=O) groups excluding carboxylic acids is 1. The summed E-state index contributed by atoms with van der Waals surface area (Å²) in [6.45, 7) is 2.09. The van der Waals surface area contributed by atoms with Crippen molar-refractivity contribution in [1.82, 2.24) is 4.98 Å². The number of esters is 1. The van der Waals surface area contributed by atoms with Crippen molar-refractivity contribution < 1.29 is 14.3 Å². The Bertz CT molecular complexity index is 667. The van der Waals surface area contributed by atoms with Gasteiger partial charge in [-0.25, -0.2) is 9.78 Å². The molecule has 5 heteroatoms. The molecule has 0 atom stereocenters. The number of methoxy groups -OCH3 is 1. The van der Waals surface area contributed by atoms with Crippen LogP contribution in [0.2, 0.25) is 5.15 Å². The number of aromatic nitrogens is 1. The molecule has 4 nitrogen and oxygen atoms in total. The van der Waals surface area contributed by atoms with E-state index in [9.17, 15) is 4.79 Å². The summed E-state index contributed by atoms with van der Waals surface area (Å²) in [5.74, 6) is 0.330. The van der Waals surface area contributed by atoms with Crippen molar-refractivity contribution in [1.29, 1.82) is 0 Å². The first-order chi connectivity index (χ1) is 9.63. The molecule has 2 rings (SSSR count). The van der Waals surface area contributed by atoms with Crippen LogP contribution in [0.3, 0.4) is 0 Å². The first-order valence-corrected chi connectivity index (χ1v) is 6.51. The number of nitrogens with zero attached hydrogens (tertiary/aromatic N) is 1. The first kappa shape index (κ1) is 14.3. The Kier molecular flexibility index (Phi) is 4.58. The molecule has 1 aromatic heterocycles. The van der Waals surface area contributed by atoms with Gasteiger partial charge in [-0.15, -0.1) is 0 Å². The molecule has 0 aliphatic rings. The molecular formula is C15H14ClNO3. The lowest BCUT2D eigenvalue weighted by Crippen LogP contribution is -1.98. The minimum Gasteiger partial charge on any atom is -0.497 e. The van der Waals surface area contributed by atoms with Gasteiger partial charge in [-0.05, 0) is 37.3 Å². The van der Waals surface area contributed by atoms with Gasteiger partial charge in [0.15, 0.2) is 0 Å². The van der Waals surface area contributed by atoms with E-state index in [1.807, 2.05) is 24.3 Å². The molecule has 0 aliphatic carbocycles. The maximum Gasteiger partial charge on any atom is 0.330 e. The summed E-state index contributed by atoms with van der Waals surface area (Å²) in [4.78, 5) is 15.6. The number of carbonyl (C=O) groups is 1. The largest absolute Gasteiger partial charge is 0.497 e. The Labute approximate surface area is 122 Å². The van der Waals surface area contributed by atoms with Crippen molar-refractivity contribution in [3.05, 3.63) is 41.1 Å². The second-order valence-electron chi connectivity index (χ2n) is 4.01. The van der Waals surface area contributed by atoms with Gasteiger partial charge in [-0.3, -0.25) is 0 Å². The van der Waals surface area contributed by atoms with E-state index in [4.69, 9.17) is 21.1 Å². The van der Waals surface area contributed by atoms with Crippen LogP contribution >= 0.6 is 11.6 Å². The molecule has 0 radical (unpaired) electrons. The Morgan fingerprint density at radius 3 is 2.90 bits per heavy atom. The zero-order valence-electron chi connectivity index (χ0n) is 11.2. The third kappa shape index (κ3) is 3.27. The van der Waals surface area contributed by atoms with Crippen LogP contribution < -0.4 is 4.74 Å². The van der Waals surface area contributed by atoms with E-state index >= 15 is 0 Å². The molecule has 0 aliphatic heterocycles. The topological polar surface area (TPSA) is 48.4 Å². The molecule has 0 saturated carbocycles. The lowest BCUT2D eigenvalue weighted by atomic mass is 10.1. The van der Waals surface area contributed by atoms with Crippen molar-refractivity contribution in [3.63, 3.8) is 0 Å². The number of pyridine rings is 1. The predicted molar refractivity (Wildman–Crippen MR) is 79.0 cm³/mol. The van der Waals surface area contributed by atoms with Crippen LogP contribution in [0.15, 0.2) is 30.3 Å². The molecule has 0 unspecified atom stereocenters. The highest BCUT2D eigenvalue weighted by Gasteiger charge is 2.05. The first-order valence-electron chi connectivity index (χ1n) is 6.13. The predicted octanol–water partition coefficient (Wildman–Crippen LogP) is 3.47. The number of fused-ring (bicyclic) bond motifs is 1. The molecule has 2 aromatic rings. The zero-order chi connectivity index (χ0) is 14.5. The summed E-state index contributed by atoms with van der Waals surface area (Å²) in [5.41, 5.74) is 1.42. The van der Waals surface area contributed by atoms with Crippen molar-refractivity contribution in [2.24, 2.45) is 0 Å². The quantitative estimate of drug-likeness (QED) is 0.492. The second-order valence-corrected chi connectivity index (χ2v) is 4.37. The Morgan fingerprint density at radius 1 is 1.40 bits per heavy atom. The minimum absolute atomic E-state index is 0.336. The fourth-order valence-corrected chi connectivity index (χ4v) is 1.95. The van der Waals surface area contributed by atoms with E-state index in [1.54, 1.807) is 20.1 Å². The van der Waals surface area contributed by atoms with Crippen molar-refractivity contribution in [3.8, 4) is 5.75 Å². The average Bonchev–Trinajstić information content (AvgIpc) is 2.45. The van der Waals surface area contributed by atoms with Gasteiger partial charge in [-0.1, -0.05) is 11.6 Å². The highest BCUT2D eigenvalue weighted by molar-refractivity contribution is 6.31. The van der Waals surface area contributed by atoms with Gasteiger partial charge < -0.3 is 9.47 Å². The van der Waals surface area contributed by atoms with Gasteiger partial charge >= 0.3 is 5.97 Å². The molecule has 0 fully saturated rings. The number of ether oxygens (including phenoxy) is 2. The maximum atomic E-state index is 11.3. The van der Waals surface area contributed by atoms with Gasteiger partial charge in [0.1, 0.15) is 10.9 Å². The summed E-state index contributed by atoms with van der Waals surface area (Å²) < 4.78 is 9.99. The third-order valence-electron chi connectivity index (χ3n) is 2.69. The highest BCUT2D eigenvalue weighted by Crippen LogP contribution is 2.25.